The number of benzene rings is 1. The number of carbonyl (C=O) groups excluding carboxylic acids is 1. The number of nitrogens with one attached hydrogen (secondary N) is 1. The molecule has 1 saturated heterocycles. The van der Waals surface area contributed by atoms with E-state index in [1.54, 1.807) is 14.2 Å². The lowest BCUT2D eigenvalue weighted by Gasteiger charge is -2.32. The number of hydrogen-bond donors (Lipinski definition) is 1. The first-order valence-corrected chi connectivity index (χ1v) is 9.69. The van der Waals surface area contributed by atoms with Gasteiger partial charge < -0.3 is 24.4 Å². The highest BCUT2D eigenvalue weighted by molar-refractivity contribution is 5.69. The summed E-state index contributed by atoms with van der Waals surface area (Å²) >= 11 is 0. The van der Waals surface area contributed by atoms with E-state index in [1.807, 2.05) is 37.8 Å². The number of amides is 1. The van der Waals surface area contributed by atoms with Gasteiger partial charge in [-0.05, 0) is 71.2 Å². The Balaban J connectivity index is 1.87. The molecule has 1 aliphatic rings. The minimum absolute atomic E-state index is 0.172. The quantitative estimate of drug-likeness (QED) is 0.785. The summed E-state index contributed by atoms with van der Waals surface area (Å²) in [6.45, 7) is 9.45. The summed E-state index contributed by atoms with van der Waals surface area (Å²) in [6, 6.07) is 6.37. The van der Waals surface area contributed by atoms with Gasteiger partial charge in [-0.25, -0.2) is 4.79 Å². The van der Waals surface area contributed by atoms with E-state index in [-0.39, 0.29) is 18.2 Å². The molecule has 2 atom stereocenters. The van der Waals surface area contributed by atoms with Crippen molar-refractivity contribution >= 4 is 6.09 Å². The van der Waals surface area contributed by atoms with E-state index in [9.17, 15) is 4.79 Å². The molecular weight excluding hydrogens is 344 g/mol. The van der Waals surface area contributed by atoms with Crippen LogP contribution in [0.25, 0.3) is 0 Å². The molecule has 27 heavy (non-hydrogen) atoms. The number of methoxy groups -OCH3 is 2. The topological polar surface area (TPSA) is 60.0 Å². The molecule has 152 valence electrons. The van der Waals surface area contributed by atoms with Crippen molar-refractivity contribution in [3.8, 4) is 11.5 Å². The van der Waals surface area contributed by atoms with Gasteiger partial charge in [-0.3, -0.25) is 0 Å². The van der Waals surface area contributed by atoms with E-state index in [0.29, 0.717) is 0 Å². The Kier molecular flexibility index (Phi) is 7.36. The lowest BCUT2D eigenvalue weighted by molar-refractivity contribution is 0.0201. The fraction of sp³-hybridized carbons (Fsp3) is 0.667. The van der Waals surface area contributed by atoms with Crippen molar-refractivity contribution in [2.75, 3.05) is 27.3 Å². The highest BCUT2D eigenvalue weighted by Crippen LogP contribution is 2.28. The number of hydrogen-bond acceptors (Lipinski definition) is 5. The summed E-state index contributed by atoms with van der Waals surface area (Å²) in [5.74, 6) is 1.48. The lowest BCUT2D eigenvalue weighted by atomic mass is 10.1. The van der Waals surface area contributed by atoms with Gasteiger partial charge in [0.15, 0.2) is 11.5 Å². The predicted molar refractivity (Wildman–Crippen MR) is 107 cm³/mol. The molecule has 1 fully saturated rings. The van der Waals surface area contributed by atoms with E-state index in [0.717, 1.165) is 43.9 Å². The van der Waals surface area contributed by atoms with Crippen LogP contribution in [-0.2, 0) is 11.2 Å². The third kappa shape index (κ3) is 6.03. The summed E-state index contributed by atoms with van der Waals surface area (Å²) in [6.07, 6.45) is 2.69. The normalized spacial score (nSPS) is 18.3. The van der Waals surface area contributed by atoms with Gasteiger partial charge in [-0.15, -0.1) is 0 Å². The molecular formula is C21H34N2O4. The second kappa shape index (κ2) is 9.31. The molecule has 0 bridgehead atoms. The van der Waals surface area contributed by atoms with E-state index in [4.69, 9.17) is 14.2 Å². The molecule has 1 aliphatic heterocycles. The van der Waals surface area contributed by atoms with Crippen molar-refractivity contribution < 1.29 is 19.0 Å². The number of likely N-dealkylation sites (tertiary alicyclic amines) is 1. The van der Waals surface area contributed by atoms with Crippen LogP contribution in [0.4, 0.5) is 4.79 Å². The standard InChI is InChI=1S/C21H34N2O4/c1-15(17-8-7-13-23(17)20(24)27-21(2,3)4)22-12-11-16-9-10-18(25-5)19(14-16)26-6/h9-10,14-15,17,22H,7-8,11-13H2,1-6H3/t15-,17-/m0/s1. The number of rotatable bonds is 7. The third-order valence-corrected chi connectivity index (χ3v) is 4.83. The molecule has 0 aliphatic carbocycles. The molecule has 1 heterocycles. The molecule has 0 saturated carbocycles. The monoisotopic (exact) mass is 378 g/mol. The molecule has 2 rings (SSSR count). The van der Waals surface area contributed by atoms with Gasteiger partial charge >= 0.3 is 6.09 Å². The average molecular weight is 379 g/mol. The molecule has 0 spiro atoms. The van der Waals surface area contributed by atoms with E-state index in [2.05, 4.69) is 18.3 Å². The maximum Gasteiger partial charge on any atom is 0.410 e. The summed E-state index contributed by atoms with van der Waals surface area (Å²) in [4.78, 5) is 14.3. The van der Waals surface area contributed by atoms with Crippen molar-refractivity contribution in [1.82, 2.24) is 10.2 Å². The van der Waals surface area contributed by atoms with Gasteiger partial charge in [-0.1, -0.05) is 6.07 Å². The predicted octanol–water partition coefficient (Wildman–Crippen LogP) is 3.62. The van der Waals surface area contributed by atoms with Gasteiger partial charge in [0.05, 0.1) is 20.3 Å². The fourth-order valence-electron chi connectivity index (χ4n) is 3.48. The van der Waals surface area contributed by atoms with Crippen LogP contribution >= 0.6 is 0 Å². The smallest absolute Gasteiger partial charge is 0.410 e. The summed E-state index contributed by atoms with van der Waals surface area (Å²) in [7, 11) is 3.28. The minimum Gasteiger partial charge on any atom is -0.493 e. The van der Waals surface area contributed by atoms with Gasteiger partial charge in [-0.2, -0.15) is 0 Å². The van der Waals surface area contributed by atoms with Gasteiger partial charge in [0.25, 0.3) is 0 Å². The van der Waals surface area contributed by atoms with Crippen LogP contribution in [0.1, 0.15) is 46.1 Å². The Labute approximate surface area is 163 Å². The minimum atomic E-state index is -0.464. The molecule has 6 nitrogen and oxygen atoms in total. The first-order valence-electron chi connectivity index (χ1n) is 9.69. The number of nitrogens with zero attached hydrogens (tertiary/aromatic N) is 1. The first kappa shape index (κ1) is 21.4. The highest BCUT2D eigenvalue weighted by Gasteiger charge is 2.35. The van der Waals surface area contributed by atoms with Crippen molar-refractivity contribution in [1.29, 1.82) is 0 Å². The largest absolute Gasteiger partial charge is 0.493 e. The van der Waals surface area contributed by atoms with Crippen LogP contribution in [0.2, 0.25) is 0 Å². The van der Waals surface area contributed by atoms with E-state index in [1.165, 1.54) is 5.56 Å². The zero-order valence-electron chi connectivity index (χ0n) is 17.5. The zero-order valence-corrected chi connectivity index (χ0v) is 17.5. The maximum absolute atomic E-state index is 12.5. The lowest BCUT2D eigenvalue weighted by Crippen LogP contribution is -2.49. The zero-order chi connectivity index (χ0) is 20.0. The van der Waals surface area contributed by atoms with Crippen molar-refractivity contribution in [2.45, 2.75) is 64.6 Å². The molecule has 0 radical (unpaired) electrons. The summed E-state index contributed by atoms with van der Waals surface area (Å²) in [5, 5.41) is 3.57. The maximum atomic E-state index is 12.5. The van der Waals surface area contributed by atoms with Gasteiger partial charge in [0.2, 0.25) is 0 Å². The molecule has 1 amide bonds. The molecule has 1 aromatic rings. The number of ether oxygens (including phenoxy) is 3. The summed E-state index contributed by atoms with van der Waals surface area (Å²) in [5.41, 5.74) is 0.719. The van der Waals surface area contributed by atoms with Crippen molar-refractivity contribution in [3.05, 3.63) is 23.8 Å². The Bertz CT molecular complexity index is 627. The van der Waals surface area contributed by atoms with Crippen molar-refractivity contribution in [2.24, 2.45) is 0 Å². The van der Waals surface area contributed by atoms with Crippen LogP contribution < -0.4 is 14.8 Å². The van der Waals surface area contributed by atoms with Crippen LogP contribution in [0.5, 0.6) is 11.5 Å². The molecule has 0 unspecified atom stereocenters. The van der Waals surface area contributed by atoms with Crippen LogP contribution in [0.15, 0.2) is 18.2 Å². The van der Waals surface area contributed by atoms with Gasteiger partial charge in [0.1, 0.15) is 5.60 Å². The third-order valence-electron chi connectivity index (χ3n) is 4.83. The van der Waals surface area contributed by atoms with E-state index < -0.39 is 5.60 Å². The Morgan fingerprint density at radius 1 is 1.26 bits per heavy atom. The second-order valence-electron chi connectivity index (χ2n) is 8.07. The molecule has 6 heteroatoms. The van der Waals surface area contributed by atoms with Crippen LogP contribution in [0.3, 0.4) is 0 Å². The van der Waals surface area contributed by atoms with Crippen LogP contribution in [-0.4, -0.2) is 56.0 Å². The van der Waals surface area contributed by atoms with Gasteiger partial charge in [0, 0.05) is 12.6 Å². The Hall–Kier alpha value is -1.95. The van der Waals surface area contributed by atoms with Crippen molar-refractivity contribution in [3.63, 3.8) is 0 Å². The molecule has 1 N–H and O–H groups in total. The first-order chi connectivity index (χ1) is 12.7. The SMILES string of the molecule is COc1ccc(CCN[C@@H](C)[C@@H]2CCCN2C(=O)OC(C)(C)C)cc1OC. The Morgan fingerprint density at radius 3 is 2.59 bits per heavy atom. The number of carbonyl (C=O) groups is 1. The highest BCUT2D eigenvalue weighted by atomic mass is 16.6. The Morgan fingerprint density at radius 2 is 1.96 bits per heavy atom. The van der Waals surface area contributed by atoms with Crippen LogP contribution in [0, 0.1) is 0 Å². The average Bonchev–Trinajstić information content (AvgIpc) is 3.10. The molecule has 1 aromatic carbocycles. The van der Waals surface area contributed by atoms with E-state index >= 15 is 0 Å². The summed E-state index contributed by atoms with van der Waals surface area (Å²) < 4.78 is 16.2. The fourth-order valence-corrected chi connectivity index (χ4v) is 3.48. The second-order valence-corrected chi connectivity index (χ2v) is 8.07. The molecule has 0 aromatic heterocycles.